The number of allylic oxidation sites excluding steroid dienone is 1. The van der Waals surface area contributed by atoms with E-state index in [2.05, 4.69) is 22.0 Å². The summed E-state index contributed by atoms with van der Waals surface area (Å²) in [6.07, 6.45) is 1.80. The molecule has 2 rings (SSSR count). The molecule has 3 heteroatoms. The van der Waals surface area contributed by atoms with Crippen molar-refractivity contribution in [2.75, 3.05) is 0 Å². The molecule has 18 heavy (non-hydrogen) atoms. The van der Waals surface area contributed by atoms with Crippen LogP contribution in [-0.2, 0) is 0 Å². The molecule has 0 bridgehead atoms. The summed E-state index contributed by atoms with van der Waals surface area (Å²) in [5, 5.41) is 9.87. The van der Waals surface area contributed by atoms with Gasteiger partial charge in [0.1, 0.15) is 0 Å². The van der Waals surface area contributed by atoms with E-state index in [1.54, 1.807) is 6.08 Å². The molecule has 0 aromatic heterocycles. The van der Waals surface area contributed by atoms with Crippen molar-refractivity contribution in [3.63, 3.8) is 0 Å². The Morgan fingerprint density at radius 2 is 1.78 bits per heavy atom. The molecular weight excluding hydrogens is 310 g/mol. The number of nitriles is 1. The van der Waals surface area contributed by atoms with E-state index in [-0.39, 0.29) is 0 Å². The predicted octanol–water partition coefficient (Wildman–Crippen LogP) is 5.17. The van der Waals surface area contributed by atoms with Crippen LogP contribution in [0.1, 0.15) is 11.1 Å². The van der Waals surface area contributed by atoms with E-state index in [0.717, 1.165) is 15.6 Å². The van der Waals surface area contributed by atoms with E-state index in [1.807, 2.05) is 48.5 Å². The van der Waals surface area contributed by atoms with Gasteiger partial charge in [0.15, 0.2) is 0 Å². The Kier molecular flexibility index (Phi) is 4.19. The zero-order chi connectivity index (χ0) is 13.0. The van der Waals surface area contributed by atoms with Crippen molar-refractivity contribution in [1.82, 2.24) is 0 Å². The van der Waals surface area contributed by atoms with Crippen LogP contribution in [-0.4, -0.2) is 0 Å². The fourth-order valence-corrected chi connectivity index (χ4v) is 2.01. The van der Waals surface area contributed by atoms with Crippen LogP contribution >= 0.6 is 27.5 Å². The maximum atomic E-state index is 9.23. The molecule has 0 unspecified atom stereocenters. The molecule has 0 radical (unpaired) electrons. The van der Waals surface area contributed by atoms with Crippen LogP contribution in [0.3, 0.4) is 0 Å². The van der Waals surface area contributed by atoms with E-state index in [0.29, 0.717) is 10.6 Å². The summed E-state index contributed by atoms with van der Waals surface area (Å²) in [5.74, 6) is 0. The van der Waals surface area contributed by atoms with Crippen molar-refractivity contribution in [1.29, 1.82) is 5.26 Å². The third-order valence-electron chi connectivity index (χ3n) is 2.48. The SMILES string of the molecule is N#C/C(=C\c1ccccc1Cl)c1ccc(Br)cc1. The molecule has 0 aliphatic rings. The summed E-state index contributed by atoms with van der Waals surface area (Å²) in [7, 11) is 0. The lowest BCUT2D eigenvalue weighted by Gasteiger charge is -2.01. The van der Waals surface area contributed by atoms with Gasteiger partial charge < -0.3 is 0 Å². The van der Waals surface area contributed by atoms with Crippen LogP contribution < -0.4 is 0 Å². The summed E-state index contributed by atoms with van der Waals surface area (Å²) in [4.78, 5) is 0. The Bertz CT molecular complexity index is 624. The van der Waals surface area contributed by atoms with Gasteiger partial charge in [-0.3, -0.25) is 0 Å². The fourth-order valence-electron chi connectivity index (χ4n) is 1.56. The predicted molar refractivity (Wildman–Crippen MR) is 79.1 cm³/mol. The molecule has 0 aliphatic carbocycles. The summed E-state index contributed by atoms with van der Waals surface area (Å²) in [6, 6.07) is 17.3. The van der Waals surface area contributed by atoms with E-state index >= 15 is 0 Å². The first-order chi connectivity index (χ1) is 8.70. The molecule has 2 aromatic rings. The molecule has 0 saturated heterocycles. The van der Waals surface area contributed by atoms with Gasteiger partial charge in [0, 0.05) is 9.50 Å². The normalized spacial score (nSPS) is 11.1. The molecule has 1 nitrogen and oxygen atoms in total. The van der Waals surface area contributed by atoms with Crippen molar-refractivity contribution < 1.29 is 0 Å². The first-order valence-corrected chi connectivity index (χ1v) is 6.50. The highest BCUT2D eigenvalue weighted by Gasteiger charge is 2.02. The van der Waals surface area contributed by atoms with Crippen LogP contribution in [0.15, 0.2) is 53.0 Å². The lowest BCUT2D eigenvalue weighted by atomic mass is 10.0. The van der Waals surface area contributed by atoms with Crippen molar-refractivity contribution in [3.05, 3.63) is 69.2 Å². The van der Waals surface area contributed by atoms with Gasteiger partial charge >= 0.3 is 0 Å². The summed E-state index contributed by atoms with van der Waals surface area (Å²) in [5.41, 5.74) is 2.31. The topological polar surface area (TPSA) is 23.8 Å². The molecule has 0 N–H and O–H groups in total. The molecule has 88 valence electrons. The fraction of sp³-hybridized carbons (Fsp3) is 0. The summed E-state index contributed by atoms with van der Waals surface area (Å²) < 4.78 is 0.987. The second kappa shape index (κ2) is 5.86. The van der Waals surface area contributed by atoms with Crippen molar-refractivity contribution in [2.24, 2.45) is 0 Å². The zero-order valence-corrected chi connectivity index (χ0v) is 11.7. The second-order valence-corrected chi connectivity index (χ2v) is 5.02. The third-order valence-corrected chi connectivity index (χ3v) is 3.35. The Hall–Kier alpha value is -1.56. The second-order valence-electron chi connectivity index (χ2n) is 3.70. The largest absolute Gasteiger partial charge is 0.192 e. The summed E-state index contributed by atoms with van der Waals surface area (Å²) >= 11 is 9.45. The maximum Gasteiger partial charge on any atom is 0.0998 e. The lowest BCUT2D eigenvalue weighted by Crippen LogP contribution is -1.82. The van der Waals surface area contributed by atoms with E-state index in [1.165, 1.54) is 0 Å². The molecule has 0 spiro atoms. The molecular formula is C15H9BrClN. The Morgan fingerprint density at radius 3 is 2.39 bits per heavy atom. The average molecular weight is 319 g/mol. The number of hydrogen-bond donors (Lipinski definition) is 0. The highest BCUT2D eigenvalue weighted by atomic mass is 79.9. The van der Waals surface area contributed by atoms with Gasteiger partial charge in [0.05, 0.1) is 11.6 Å². The number of hydrogen-bond acceptors (Lipinski definition) is 1. The van der Waals surface area contributed by atoms with Crippen LogP contribution in [0.5, 0.6) is 0 Å². The van der Waals surface area contributed by atoms with Crippen LogP contribution in [0.4, 0.5) is 0 Å². The van der Waals surface area contributed by atoms with Crippen molar-refractivity contribution >= 4 is 39.2 Å². The van der Waals surface area contributed by atoms with Crippen LogP contribution in [0.25, 0.3) is 11.6 Å². The van der Waals surface area contributed by atoms with Crippen molar-refractivity contribution in [2.45, 2.75) is 0 Å². The van der Waals surface area contributed by atoms with Crippen LogP contribution in [0, 0.1) is 11.3 Å². The summed E-state index contributed by atoms with van der Waals surface area (Å²) in [6.45, 7) is 0. The molecule has 0 atom stereocenters. The highest BCUT2D eigenvalue weighted by molar-refractivity contribution is 9.10. The van der Waals surface area contributed by atoms with Gasteiger partial charge in [-0.25, -0.2) is 0 Å². The number of halogens is 2. The third kappa shape index (κ3) is 3.01. The molecule has 0 amide bonds. The minimum Gasteiger partial charge on any atom is -0.192 e. The van der Waals surface area contributed by atoms with Gasteiger partial charge in [-0.15, -0.1) is 0 Å². The minimum absolute atomic E-state index is 0.593. The maximum absolute atomic E-state index is 9.23. The molecule has 0 aliphatic heterocycles. The van der Waals surface area contributed by atoms with Crippen LogP contribution in [0.2, 0.25) is 5.02 Å². The molecule has 2 aromatic carbocycles. The Labute approximate surface area is 119 Å². The minimum atomic E-state index is 0.593. The van der Waals surface area contributed by atoms with E-state index in [4.69, 9.17) is 11.6 Å². The zero-order valence-electron chi connectivity index (χ0n) is 9.40. The smallest absolute Gasteiger partial charge is 0.0998 e. The first kappa shape index (κ1) is 12.9. The quantitative estimate of drug-likeness (QED) is 0.554. The lowest BCUT2D eigenvalue weighted by molar-refractivity contribution is 1.52. The highest BCUT2D eigenvalue weighted by Crippen LogP contribution is 2.23. The van der Waals surface area contributed by atoms with Gasteiger partial charge in [0.25, 0.3) is 0 Å². The molecule has 0 saturated carbocycles. The number of rotatable bonds is 2. The number of nitrogens with zero attached hydrogens (tertiary/aromatic N) is 1. The standard InChI is InChI=1S/C15H9BrClN/c16-14-7-5-11(6-8-14)13(10-18)9-12-3-1-2-4-15(12)17/h1-9H/b13-9+. The van der Waals surface area contributed by atoms with Gasteiger partial charge in [-0.2, -0.15) is 5.26 Å². The van der Waals surface area contributed by atoms with E-state index < -0.39 is 0 Å². The Balaban J connectivity index is 2.44. The van der Waals surface area contributed by atoms with Gasteiger partial charge in [-0.1, -0.05) is 57.9 Å². The van der Waals surface area contributed by atoms with Crippen molar-refractivity contribution in [3.8, 4) is 6.07 Å². The van der Waals surface area contributed by atoms with Gasteiger partial charge in [0.2, 0.25) is 0 Å². The first-order valence-electron chi connectivity index (χ1n) is 5.33. The Morgan fingerprint density at radius 1 is 1.11 bits per heavy atom. The van der Waals surface area contributed by atoms with Gasteiger partial charge in [-0.05, 0) is 35.4 Å². The monoisotopic (exact) mass is 317 g/mol. The molecule has 0 fully saturated rings. The molecule has 0 heterocycles. The average Bonchev–Trinajstić information content (AvgIpc) is 2.39. The van der Waals surface area contributed by atoms with E-state index in [9.17, 15) is 5.26 Å². The number of benzene rings is 2.